The van der Waals surface area contributed by atoms with E-state index >= 15 is 0 Å². The van der Waals surface area contributed by atoms with Gasteiger partial charge in [0.05, 0.1) is 6.42 Å². The van der Waals surface area contributed by atoms with Crippen LogP contribution in [0.3, 0.4) is 0 Å². The van der Waals surface area contributed by atoms with Crippen molar-refractivity contribution in [2.24, 2.45) is 0 Å². The second-order valence-electron chi connectivity index (χ2n) is 2.29. The Morgan fingerprint density at radius 1 is 1.42 bits per heavy atom. The Hall–Kier alpha value is -1.22. The van der Waals surface area contributed by atoms with E-state index in [1.807, 2.05) is 0 Å². The monoisotopic (exact) mass is 186 g/mol. The molecule has 0 saturated heterocycles. The van der Waals surface area contributed by atoms with E-state index in [-0.39, 0.29) is 6.42 Å². The number of carboxylic acids is 1. The van der Waals surface area contributed by atoms with Crippen LogP contribution in [0.4, 0.5) is 0 Å². The lowest BCUT2D eigenvalue weighted by molar-refractivity contribution is -0.136. The van der Waals surface area contributed by atoms with Crippen molar-refractivity contribution in [1.82, 2.24) is 0 Å². The van der Waals surface area contributed by atoms with E-state index in [9.17, 15) is 4.79 Å². The number of halogens is 1. The average molecular weight is 187 g/mol. The molecule has 0 heterocycles. The minimum absolute atomic E-state index is 0.0164. The predicted octanol–water partition coefficient (Wildman–Crippen LogP) is 1.85. The average Bonchev–Trinajstić information content (AvgIpc) is 2.05. The van der Waals surface area contributed by atoms with Crippen LogP contribution in [0.25, 0.3) is 0 Å². The van der Waals surface area contributed by atoms with E-state index < -0.39 is 5.97 Å². The van der Waals surface area contributed by atoms with Gasteiger partial charge in [0.25, 0.3) is 0 Å². The zero-order chi connectivity index (χ0) is 8.97. The van der Waals surface area contributed by atoms with Crippen LogP contribution in [0.15, 0.2) is 24.3 Å². The Kier molecular flexibility index (Phi) is 2.94. The molecule has 1 aromatic carbocycles. The number of carboxylic acid groups (broad SMARTS) is 1. The molecule has 0 aromatic heterocycles. The van der Waals surface area contributed by atoms with Crippen molar-refractivity contribution in [2.75, 3.05) is 0 Å². The summed E-state index contributed by atoms with van der Waals surface area (Å²) in [5.41, 5.74) is 0.722. The second kappa shape index (κ2) is 3.97. The fourth-order valence-corrected chi connectivity index (χ4v) is 0.936. The molecule has 0 radical (unpaired) electrons. The molecule has 0 unspecified atom stereocenters. The smallest absolute Gasteiger partial charge is 0.307 e. The zero-order valence-corrected chi connectivity index (χ0v) is 6.91. The Morgan fingerprint density at radius 3 is 2.42 bits per heavy atom. The van der Waals surface area contributed by atoms with Gasteiger partial charge in [-0.25, -0.2) is 0 Å². The molecule has 0 atom stereocenters. The largest absolute Gasteiger partial charge is 0.481 e. The molecule has 64 valence electrons. The van der Waals surface area contributed by atoms with Gasteiger partial charge >= 0.3 is 5.97 Å². The third-order valence-electron chi connectivity index (χ3n) is 1.37. The Labute approximate surface area is 74.7 Å². The van der Waals surface area contributed by atoms with E-state index in [1.54, 1.807) is 24.3 Å². The lowest BCUT2D eigenvalue weighted by atomic mass is 10.1. The highest BCUT2D eigenvalue weighted by Crippen LogP contribution is 2.13. The summed E-state index contributed by atoms with van der Waals surface area (Å²) >= 11 is 5.07. The first-order valence-electron chi connectivity index (χ1n) is 3.31. The molecule has 0 fully saturated rings. The normalized spacial score (nSPS) is 9.42. The summed E-state index contributed by atoms with van der Waals surface area (Å²) in [5.74, 6) is -0.347. The van der Waals surface area contributed by atoms with Crippen LogP contribution < -0.4 is 4.29 Å². The molecule has 0 amide bonds. The number of rotatable bonds is 3. The van der Waals surface area contributed by atoms with Crippen molar-refractivity contribution in [3.05, 3.63) is 29.8 Å². The Bertz CT molecular complexity index is 268. The van der Waals surface area contributed by atoms with Gasteiger partial charge in [-0.3, -0.25) is 4.79 Å². The third kappa shape index (κ3) is 2.43. The Balaban J connectivity index is 2.71. The number of carbonyl (C=O) groups is 1. The quantitative estimate of drug-likeness (QED) is 0.784. The van der Waals surface area contributed by atoms with Crippen molar-refractivity contribution in [1.29, 1.82) is 0 Å². The lowest BCUT2D eigenvalue weighted by Crippen LogP contribution is -1.99. The summed E-state index contributed by atoms with van der Waals surface area (Å²) in [6.07, 6.45) is 0.0164. The lowest BCUT2D eigenvalue weighted by Gasteiger charge is -1.97. The maximum atomic E-state index is 10.3. The van der Waals surface area contributed by atoms with E-state index in [2.05, 4.69) is 4.29 Å². The van der Waals surface area contributed by atoms with Crippen molar-refractivity contribution in [2.45, 2.75) is 6.42 Å². The molecular formula is C8H7ClO3. The van der Waals surface area contributed by atoms with Gasteiger partial charge in [-0.2, -0.15) is 0 Å². The highest BCUT2D eigenvalue weighted by atomic mass is 35.5. The SMILES string of the molecule is O=C(O)Cc1ccc(OCl)cc1. The number of benzene rings is 1. The first-order valence-corrected chi connectivity index (χ1v) is 3.62. The standard InChI is InChI=1S/C8H7ClO3/c9-12-7-3-1-6(2-4-7)5-8(10)11/h1-4H,5H2,(H,10,11). The van der Waals surface area contributed by atoms with Gasteiger partial charge in [0.15, 0.2) is 0 Å². The third-order valence-corrected chi connectivity index (χ3v) is 1.55. The van der Waals surface area contributed by atoms with E-state index in [4.69, 9.17) is 17.0 Å². The van der Waals surface area contributed by atoms with Crippen LogP contribution in [0.5, 0.6) is 5.75 Å². The van der Waals surface area contributed by atoms with Gasteiger partial charge in [-0.1, -0.05) is 12.1 Å². The summed E-state index contributed by atoms with van der Waals surface area (Å²) in [7, 11) is 0. The minimum atomic E-state index is -0.852. The summed E-state index contributed by atoms with van der Waals surface area (Å²) in [5, 5.41) is 8.44. The van der Waals surface area contributed by atoms with Gasteiger partial charge in [-0.05, 0) is 17.7 Å². The predicted molar refractivity (Wildman–Crippen MR) is 44.3 cm³/mol. The first kappa shape index (κ1) is 8.87. The maximum absolute atomic E-state index is 10.3. The molecular weight excluding hydrogens is 180 g/mol. The van der Waals surface area contributed by atoms with Crippen LogP contribution >= 0.6 is 11.9 Å². The second-order valence-corrected chi connectivity index (χ2v) is 2.45. The molecule has 0 aliphatic rings. The molecule has 1 aromatic rings. The van der Waals surface area contributed by atoms with Gasteiger partial charge in [0.1, 0.15) is 17.6 Å². The van der Waals surface area contributed by atoms with E-state index in [0.717, 1.165) is 5.56 Å². The van der Waals surface area contributed by atoms with Crippen LogP contribution in [0, 0.1) is 0 Å². The van der Waals surface area contributed by atoms with Gasteiger partial charge in [0, 0.05) is 0 Å². The molecule has 0 bridgehead atoms. The van der Waals surface area contributed by atoms with Crippen LogP contribution in [-0.4, -0.2) is 11.1 Å². The molecule has 1 N–H and O–H groups in total. The molecule has 0 aliphatic heterocycles. The zero-order valence-electron chi connectivity index (χ0n) is 6.16. The molecule has 4 heteroatoms. The van der Waals surface area contributed by atoms with Crippen molar-refractivity contribution < 1.29 is 14.2 Å². The number of hydrogen-bond acceptors (Lipinski definition) is 2. The fraction of sp³-hybridized carbons (Fsp3) is 0.125. The van der Waals surface area contributed by atoms with Crippen molar-refractivity contribution in [3.8, 4) is 5.75 Å². The fourth-order valence-electron chi connectivity index (χ4n) is 0.833. The molecule has 0 aliphatic carbocycles. The van der Waals surface area contributed by atoms with Crippen LogP contribution in [0.2, 0.25) is 0 Å². The summed E-state index contributed by atoms with van der Waals surface area (Å²) < 4.78 is 4.40. The summed E-state index contributed by atoms with van der Waals surface area (Å²) in [4.78, 5) is 10.3. The molecule has 0 spiro atoms. The maximum Gasteiger partial charge on any atom is 0.307 e. The van der Waals surface area contributed by atoms with Gasteiger partial charge < -0.3 is 9.40 Å². The van der Waals surface area contributed by atoms with E-state index in [1.165, 1.54) is 0 Å². The highest BCUT2D eigenvalue weighted by molar-refractivity contribution is 6.09. The molecule has 12 heavy (non-hydrogen) atoms. The summed E-state index contributed by atoms with van der Waals surface area (Å²) in [6, 6.07) is 6.55. The van der Waals surface area contributed by atoms with Gasteiger partial charge in [0.2, 0.25) is 0 Å². The topological polar surface area (TPSA) is 46.5 Å². The van der Waals surface area contributed by atoms with Gasteiger partial charge in [-0.15, -0.1) is 0 Å². The molecule has 0 saturated carbocycles. The Morgan fingerprint density at radius 2 is 2.00 bits per heavy atom. The molecule has 1 rings (SSSR count). The first-order chi connectivity index (χ1) is 5.72. The summed E-state index contributed by atoms with van der Waals surface area (Å²) in [6.45, 7) is 0. The van der Waals surface area contributed by atoms with Crippen LogP contribution in [-0.2, 0) is 11.2 Å². The van der Waals surface area contributed by atoms with Crippen molar-refractivity contribution in [3.63, 3.8) is 0 Å². The molecule has 3 nitrogen and oxygen atoms in total. The minimum Gasteiger partial charge on any atom is -0.481 e. The number of hydrogen-bond donors (Lipinski definition) is 1. The van der Waals surface area contributed by atoms with Crippen LogP contribution in [0.1, 0.15) is 5.56 Å². The number of aliphatic carboxylic acids is 1. The highest BCUT2D eigenvalue weighted by Gasteiger charge is 1.99. The van der Waals surface area contributed by atoms with Crippen molar-refractivity contribution >= 4 is 17.8 Å². The van der Waals surface area contributed by atoms with E-state index in [0.29, 0.717) is 5.75 Å².